The van der Waals surface area contributed by atoms with Gasteiger partial charge in [0.05, 0.1) is 0 Å². The summed E-state index contributed by atoms with van der Waals surface area (Å²) in [5.41, 5.74) is 15.4. The molecule has 7 rings (SSSR count). The molecule has 198 valence electrons. The quantitative estimate of drug-likeness (QED) is 0.151. The van der Waals surface area contributed by atoms with Gasteiger partial charge >= 0.3 is 0 Å². The third-order valence-electron chi connectivity index (χ3n) is 9.79. The summed E-state index contributed by atoms with van der Waals surface area (Å²) in [6, 6.07) is 28.4. The Hall–Kier alpha value is -2.16. The van der Waals surface area contributed by atoms with Crippen LogP contribution < -0.4 is 0 Å². The van der Waals surface area contributed by atoms with Gasteiger partial charge in [0.2, 0.25) is 0 Å². The highest BCUT2D eigenvalue weighted by Crippen LogP contribution is 2.55. The third-order valence-corrected chi connectivity index (χ3v) is 10.8. The van der Waals surface area contributed by atoms with Crippen LogP contribution in [0.5, 0.6) is 0 Å². The SMILES string of the molecule is Brc1ccc2c(c1)C(CCCCc1ccc3c(c1)CC3)(CCCCc1ccc3c(c1)CC3)c1cc(Br)ccc1-2. The van der Waals surface area contributed by atoms with E-state index in [4.69, 9.17) is 0 Å². The van der Waals surface area contributed by atoms with E-state index in [0.717, 1.165) is 0 Å². The van der Waals surface area contributed by atoms with E-state index in [2.05, 4.69) is 105 Å². The van der Waals surface area contributed by atoms with E-state index < -0.39 is 0 Å². The first-order valence-corrected chi connectivity index (χ1v) is 16.5. The molecule has 4 aromatic rings. The Morgan fingerprint density at radius 1 is 0.487 bits per heavy atom. The maximum atomic E-state index is 3.83. The second kappa shape index (κ2) is 10.7. The first-order chi connectivity index (χ1) is 19.1. The van der Waals surface area contributed by atoms with E-state index in [1.165, 1.54) is 119 Å². The van der Waals surface area contributed by atoms with Gasteiger partial charge in [-0.25, -0.2) is 0 Å². The molecule has 0 N–H and O–H groups in total. The molecule has 0 aromatic heterocycles. The summed E-state index contributed by atoms with van der Waals surface area (Å²) in [4.78, 5) is 0. The molecule has 0 radical (unpaired) electrons. The molecule has 0 saturated carbocycles. The number of fused-ring (bicyclic) bond motifs is 5. The molecule has 0 saturated heterocycles. The van der Waals surface area contributed by atoms with Crippen molar-refractivity contribution in [2.45, 2.75) is 82.5 Å². The fourth-order valence-corrected chi connectivity index (χ4v) is 8.15. The summed E-state index contributed by atoms with van der Waals surface area (Å²) < 4.78 is 2.39. The highest BCUT2D eigenvalue weighted by Gasteiger charge is 2.42. The van der Waals surface area contributed by atoms with Crippen LogP contribution in [-0.2, 0) is 43.9 Å². The first-order valence-electron chi connectivity index (χ1n) is 14.9. The van der Waals surface area contributed by atoms with Gasteiger partial charge in [0, 0.05) is 14.4 Å². The van der Waals surface area contributed by atoms with Gasteiger partial charge in [0.25, 0.3) is 0 Å². The zero-order valence-electron chi connectivity index (χ0n) is 22.7. The predicted octanol–water partition coefficient (Wildman–Crippen LogP) is 10.5. The van der Waals surface area contributed by atoms with Crippen LogP contribution in [0.1, 0.15) is 83.0 Å². The molecule has 0 atom stereocenters. The first kappa shape index (κ1) is 25.8. The second-order valence-electron chi connectivity index (χ2n) is 12.1. The molecule has 2 heteroatoms. The second-order valence-corrected chi connectivity index (χ2v) is 13.9. The van der Waals surface area contributed by atoms with Crippen molar-refractivity contribution in [1.82, 2.24) is 0 Å². The molecule has 39 heavy (non-hydrogen) atoms. The van der Waals surface area contributed by atoms with Crippen LogP contribution in [-0.4, -0.2) is 0 Å². The smallest absolute Gasteiger partial charge is 0.0216 e. The average molecular weight is 641 g/mol. The molecular formula is C37H36Br2. The summed E-state index contributed by atoms with van der Waals surface area (Å²) in [5, 5.41) is 0. The van der Waals surface area contributed by atoms with Crippen LogP contribution >= 0.6 is 31.9 Å². The van der Waals surface area contributed by atoms with Crippen LogP contribution in [0, 0.1) is 0 Å². The summed E-state index contributed by atoms with van der Waals surface area (Å²) >= 11 is 7.66. The minimum Gasteiger partial charge on any atom is -0.0588 e. The zero-order valence-corrected chi connectivity index (χ0v) is 25.8. The molecule has 0 amide bonds. The van der Waals surface area contributed by atoms with Crippen LogP contribution in [0.2, 0.25) is 0 Å². The lowest BCUT2D eigenvalue weighted by Gasteiger charge is -2.33. The molecule has 3 aliphatic rings. The van der Waals surface area contributed by atoms with Crippen LogP contribution in [0.25, 0.3) is 11.1 Å². The van der Waals surface area contributed by atoms with Crippen molar-refractivity contribution in [3.8, 4) is 11.1 Å². The lowest BCUT2D eigenvalue weighted by Crippen LogP contribution is -2.25. The largest absolute Gasteiger partial charge is 0.0588 e. The lowest BCUT2D eigenvalue weighted by molar-refractivity contribution is 0.407. The monoisotopic (exact) mass is 638 g/mol. The Balaban J connectivity index is 1.12. The minimum absolute atomic E-state index is 0.0825. The van der Waals surface area contributed by atoms with Crippen LogP contribution in [0.4, 0.5) is 0 Å². The van der Waals surface area contributed by atoms with Gasteiger partial charge in [0.1, 0.15) is 0 Å². The number of hydrogen-bond donors (Lipinski definition) is 0. The number of benzene rings is 4. The Morgan fingerprint density at radius 3 is 1.36 bits per heavy atom. The zero-order chi connectivity index (χ0) is 26.4. The maximum Gasteiger partial charge on any atom is 0.0216 e. The van der Waals surface area contributed by atoms with Gasteiger partial charge in [-0.1, -0.05) is 93.2 Å². The molecule has 0 heterocycles. The molecular weight excluding hydrogens is 604 g/mol. The van der Waals surface area contributed by atoms with Gasteiger partial charge < -0.3 is 0 Å². The van der Waals surface area contributed by atoms with Crippen molar-refractivity contribution in [2.24, 2.45) is 0 Å². The number of unbranched alkanes of at least 4 members (excludes halogenated alkanes) is 2. The highest BCUT2D eigenvalue weighted by atomic mass is 79.9. The summed E-state index contributed by atoms with van der Waals surface area (Å²) in [7, 11) is 0. The van der Waals surface area contributed by atoms with Crippen molar-refractivity contribution in [3.63, 3.8) is 0 Å². The summed E-state index contributed by atoms with van der Waals surface area (Å²) in [5.74, 6) is 0. The van der Waals surface area contributed by atoms with E-state index >= 15 is 0 Å². The summed E-state index contributed by atoms with van der Waals surface area (Å²) in [6.07, 6.45) is 14.9. The van der Waals surface area contributed by atoms with Gasteiger partial charge in [-0.3, -0.25) is 0 Å². The topological polar surface area (TPSA) is 0 Å². The third kappa shape index (κ3) is 4.87. The molecule has 0 aliphatic heterocycles. The van der Waals surface area contributed by atoms with Gasteiger partial charge in [0.15, 0.2) is 0 Å². The average Bonchev–Trinajstić information content (AvgIpc) is 3.15. The molecule has 3 aliphatic carbocycles. The Labute approximate surface area is 250 Å². The molecule has 0 spiro atoms. The Kier molecular flexibility index (Phi) is 7.06. The van der Waals surface area contributed by atoms with Gasteiger partial charge in [-0.05, 0) is 144 Å². The number of hydrogen-bond acceptors (Lipinski definition) is 0. The van der Waals surface area contributed by atoms with Crippen LogP contribution in [0.3, 0.4) is 0 Å². The summed E-state index contributed by atoms with van der Waals surface area (Å²) in [6.45, 7) is 0. The van der Waals surface area contributed by atoms with E-state index in [9.17, 15) is 0 Å². The molecule has 4 aromatic carbocycles. The van der Waals surface area contributed by atoms with E-state index in [1.54, 1.807) is 22.3 Å². The maximum absolute atomic E-state index is 3.83. The molecule has 0 nitrogen and oxygen atoms in total. The van der Waals surface area contributed by atoms with Crippen molar-refractivity contribution in [1.29, 1.82) is 0 Å². The van der Waals surface area contributed by atoms with Crippen molar-refractivity contribution in [3.05, 3.63) is 126 Å². The molecule has 0 unspecified atom stereocenters. The van der Waals surface area contributed by atoms with Gasteiger partial charge in [-0.15, -0.1) is 0 Å². The van der Waals surface area contributed by atoms with E-state index in [-0.39, 0.29) is 5.41 Å². The predicted molar refractivity (Wildman–Crippen MR) is 171 cm³/mol. The van der Waals surface area contributed by atoms with E-state index in [0.29, 0.717) is 0 Å². The van der Waals surface area contributed by atoms with Gasteiger partial charge in [-0.2, -0.15) is 0 Å². The number of aryl methyl sites for hydroxylation is 6. The number of rotatable bonds is 10. The standard InChI is InChI=1S/C37H36Br2/c38-31-15-17-33-34-18-16-32(39)24-36(34)37(35(33)23-31,19-3-1-5-25-7-9-27-11-13-29(27)21-25)20-4-2-6-26-8-10-28-12-14-30(28)22-26/h7-10,15-18,21-24H,1-6,11-14,19-20H2. The Bertz CT molecular complexity index is 1430. The highest BCUT2D eigenvalue weighted by molar-refractivity contribution is 9.10. The minimum atomic E-state index is 0.0825. The Morgan fingerprint density at radius 2 is 0.949 bits per heavy atom. The van der Waals surface area contributed by atoms with Crippen molar-refractivity contribution < 1.29 is 0 Å². The van der Waals surface area contributed by atoms with Crippen molar-refractivity contribution in [2.75, 3.05) is 0 Å². The molecule has 0 fully saturated rings. The normalized spacial score (nSPS) is 15.5. The fourth-order valence-electron chi connectivity index (χ4n) is 7.42. The van der Waals surface area contributed by atoms with Crippen LogP contribution in [0.15, 0.2) is 81.7 Å². The lowest BCUT2D eigenvalue weighted by atomic mass is 9.70. The molecule has 0 bridgehead atoms. The van der Waals surface area contributed by atoms with Crippen molar-refractivity contribution >= 4 is 31.9 Å². The van der Waals surface area contributed by atoms with E-state index in [1.807, 2.05) is 0 Å². The fraction of sp³-hybridized carbons (Fsp3) is 0.351. The number of halogens is 2.